The van der Waals surface area contributed by atoms with Crippen LogP contribution in [0.1, 0.15) is 29.5 Å². The van der Waals surface area contributed by atoms with Gasteiger partial charge in [0.05, 0.1) is 5.56 Å². The summed E-state index contributed by atoms with van der Waals surface area (Å²) in [6.45, 7) is 2.19. The Morgan fingerprint density at radius 3 is 2.30 bits per heavy atom. The number of hydrogen-bond acceptors (Lipinski definition) is 2. The normalized spacial score (nSPS) is 16.4. The lowest BCUT2D eigenvalue weighted by molar-refractivity contribution is -0.138. The van der Waals surface area contributed by atoms with Gasteiger partial charge in [-0.3, -0.25) is 9.69 Å². The minimum absolute atomic E-state index is 0.315. The van der Waals surface area contributed by atoms with Crippen LogP contribution in [0.25, 0.3) is 0 Å². The molecule has 1 aliphatic heterocycles. The van der Waals surface area contributed by atoms with Crippen molar-refractivity contribution in [2.24, 2.45) is 5.92 Å². The lowest BCUT2D eigenvalue weighted by Gasteiger charge is -2.31. The number of likely N-dealkylation sites (tertiary alicyclic amines) is 1. The summed E-state index contributed by atoms with van der Waals surface area (Å²) in [7, 11) is 0. The van der Waals surface area contributed by atoms with E-state index in [2.05, 4.69) is 4.90 Å². The number of carbonyl (C=O) groups excluding carboxylic acids is 1. The summed E-state index contributed by atoms with van der Waals surface area (Å²) in [5, 5.41) is 0. The molecule has 0 atom stereocenters. The Bertz CT molecular complexity index is 781. The first-order valence-electron chi connectivity index (χ1n) is 8.98. The third-order valence-electron chi connectivity index (χ3n) is 5.07. The molecule has 0 unspecified atom stereocenters. The van der Waals surface area contributed by atoms with Crippen LogP contribution < -0.4 is 0 Å². The van der Waals surface area contributed by atoms with Crippen molar-refractivity contribution in [1.82, 2.24) is 4.90 Å². The number of piperidine rings is 1. The van der Waals surface area contributed by atoms with Crippen LogP contribution in [0, 0.1) is 11.7 Å². The molecule has 2 aromatic rings. The van der Waals surface area contributed by atoms with Crippen molar-refractivity contribution in [2.75, 3.05) is 13.1 Å². The van der Waals surface area contributed by atoms with Gasteiger partial charge >= 0.3 is 6.18 Å². The average molecular weight is 379 g/mol. The molecule has 3 rings (SSSR count). The summed E-state index contributed by atoms with van der Waals surface area (Å²) in [6, 6.07) is 12.8. The standard InChI is InChI=1S/C21H21F4NO/c22-19-8-4-7-18(21(23,24)25)17(19)13-20(27)16-9-11-26(12-10-16)14-15-5-2-1-3-6-15/h1-8,16H,9-14H2. The van der Waals surface area contributed by atoms with Crippen molar-refractivity contribution >= 4 is 5.78 Å². The van der Waals surface area contributed by atoms with Crippen molar-refractivity contribution in [1.29, 1.82) is 0 Å². The van der Waals surface area contributed by atoms with E-state index < -0.39 is 29.5 Å². The number of alkyl halides is 3. The summed E-state index contributed by atoms with van der Waals surface area (Å²) in [4.78, 5) is 14.7. The van der Waals surface area contributed by atoms with Gasteiger partial charge in [0, 0.05) is 24.4 Å². The second kappa shape index (κ2) is 8.21. The molecule has 0 radical (unpaired) electrons. The first-order valence-corrected chi connectivity index (χ1v) is 8.98. The molecule has 0 saturated carbocycles. The van der Waals surface area contributed by atoms with E-state index in [0.29, 0.717) is 25.9 Å². The van der Waals surface area contributed by atoms with Crippen LogP contribution in [0.2, 0.25) is 0 Å². The molecule has 0 aliphatic carbocycles. The predicted molar refractivity (Wildman–Crippen MR) is 94.6 cm³/mol. The minimum atomic E-state index is -4.67. The van der Waals surface area contributed by atoms with Gasteiger partial charge in [-0.15, -0.1) is 0 Å². The van der Waals surface area contributed by atoms with Gasteiger partial charge in [-0.2, -0.15) is 13.2 Å². The van der Waals surface area contributed by atoms with Gasteiger partial charge in [0.15, 0.2) is 0 Å². The number of benzene rings is 2. The highest BCUT2D eigenvalue weighted by atomic mass is 19.4. The van der Waals surface area contributed by atoms with E-state index in [9.17, 15) is 22.4 Å². The Morgan fingerprint density at radius 2 is 1.67 bits per heavy atom. The van der Waals surface area contributed by atoms with E-state index in [1.165, 1.54) is 5.56 Å². The van der Waals surface area contributed by atoms with Gasteiger partial charge in [-0.1, -0.05) is 36.4 Å². The highest BCUT2D eigenvalue weighted by molar-refractivity contribution is 5.83. The fourth-order valence-electron chi connectivity index (χ4n) is 3.58. The van der Waals surface area contributed by atoms with E-state index in [1.54, 1.807) is 0 Å². The third-order valence-corrected chi connectivity index (χ3v) is 5.07. The van der Waals surface area contributed by atoms with Gasteiger partial charge in [-0.05, 0) is 43.6 Å². The molecule has 0 N–H and O–H groups in total. The molecule has 0 bridgehead atoms. The van der Waals surface area contributed by atoms with Crippen molar-refractivity contribution in [3.63, 3.8) is 0 Å². The maximum absolute atomic E-state index is 14.0. The third kappa shape index (κ3) is 4.95. The molecule has 0 aromatic heterocycles. The maximum Gasteiger partial charge on any atom is 0.416 e. The monoisotopic (exact) mass is 379 g/mol. The summed E-state index contributed by atoms with van der Waals surface area (Å²) in [6.07, 6.45) is -4.01. The Balaban J connectivity index is 1.61. The number of carbonyl (C=O) groups is 1. The molecular weight excluding hydrogens is 358 g/mol. The second-order valence-corrected chi connectivity index (χ2v) is 6.94. The number of halogens is 4. The number of ketones is 1. The van der Waals surface area contributed by atoms with Gasteiger partial charge in [0.1, 0.15) is 11.6 Å². The van der Waals surface area contributed by atoms with Crippen LogP contribution in [-0.2, 0) is 23.9 Å². The van der Waals surface area contributed by atoms with Crippen LogP contribution >= 0.6 is 0 Å². The molecule has 27 heavy (non-hydrogen) atoms. The zero-order valence-electron chi connectivity index (χ0n) is 14.8. The molecule has 1 saturated heterocycles. The first-order chi connectivity index (χ1) is 12.8. The van der Waals surface area contributed by atoms with E-state index >= 15 is 0 Å². The maximum atomic E-state index is 14.0. The number of Topliss-reactive ketones (excluding diaryl/α,β-unsaturated/α-hetero) is 1. The van der Waals surface area contributed by atoms with Crippen molar-refractivity contribution in [2.45, 2.75) is 32.0 Å². The van der Waals surface area contributed by atoms with Crippen LogP contribution in [0.5, 0.6) is 0 Å². The van der Waals surface area contributed by atoms with Crippen molar-refractivity contribution < 1.29 is 22.4 Å². The molecule has 0 spiro atoms. The number of rotatable bonds is 5. The zero-order valence-corrected chi connectivity index (χ0v) is 14.8. The SMILES string of the molecule is O=C(Cc1c(F)cccc1C(F)(F)F)C1CCN(Cc2ccccc2)CC1. The summed E-state index contributed by atoms with van der Waals surface area (Å²) < 4.78 is 53.2. The quantitative estimate of drug-likeness (QED) is 0.691. The Labute approximate surface area is 155 Å². The summed E-state index contributed by atoms with van der Waals surface area (Å²) in [5.41, 5.74) is -0.414. The molecule has 0 amide bonds. The summed E-state index contributed by atoms with van der Waals surface area (Å²) >= 11 is 0. The minimum Gasteiger partial charge on any atom is -0.299 e. The average Bonchev–Trinajstić information content (AvgIpc) is 2.64. The van der Waals surface area contributed by atoms with Crippen LogP contribution in [-0.4, -0.2) is 23.8 Å². The van der Waals surface area contributed by atoms with Crippen LogP contribution in [0.3, 0.4) is 0 Å². The molecule has 144 valence electrons. The first kappa shape index (κ1) is 19.5. The van der Waals surface area contributed by atoms with E-state index in [-0.39, 0.29) is 11.7 Å². The smallest absolute Gasteiger partial charge is 0.299 e. The zero-order chi connectivity index (χ0) is 19.4. The van der Waals surface area contributed by atoms with Crippen molar-refractivity contribution in [3.8, 4) is 0 Å². The highest BCUT2D eigenvalue weighted by Gasteiger charge is 2.36. The summed E-state index contributed by atoms with van der Waals surface area (Å²) in [5.74, 6) is -1.61. The van der Waals surface area contributed by atoms with Gasteiger partial charge < -0.3 is 0 Å². The predicted octanol–water partition coefficient (Wildman–Crippen LogP) is 4.87. The lowest BCUT2D eigenvalue weighted by Crippen LogP contribution is -2.36. The number of hydrogen-bond donors (Lipinski definition) is 0. The Kier molecular flexibility index (Phi) is 5.95. The second-order valence-electron chi connectivity index (χ2n) is 6.94. The van der Waals surface area contributed by atoms with Gasteiger partial charge in [0.2, 0.25) is 0 Å². The number of nitrogens with zero attached hydrogens (tertiary/aromatic N) is 1. The van der Waals surface area contributed by atoms with E-state index in [4.69, 9.17) is 0 Å². The van der Waals surface area contributed by atoms with Crippen LogP contribution in [0.4, 0.5) is 17.6 Å². The van der Waals surface area contributed by atoms with Crippen molar-refractivity contribution in [3.05, 3.63) is 71.0 Å². The Hall–Kier alpha value is -2.21. The van der Waals surface area contributed by atoms with Crippen LogP contribution in [0.15, 0.2) is 48.5 Å². The fourth-order valence-corrected chi connectivity index (χ4v) is 3.58. The molecule has 6 heteroatoms. The van der Waals surface area contributed by atoms with Gasteiger partial charge in [0.25, 0.3) is 0 Å². The topological polar surface area (TPSA) is 20.3 Å². The highest BCUT2D eigenvalue weighted by Crippen LogP contribution is 2.34. The molecule has 2 aromatic carbocycles. The molecule has 1 aliphatic rings. The molecule has 2 nitrogen and oxygen atoms in total. The van der Waals surface area contributed by atoms with Gasteiger partial charge in [-0.25, -0.2) is 4.39 Å². The molecule has 1 heterocycles. The Morgan fingerprint density at radius 1 is 1.00 bits per heavy atom. The largest absolute Gasteiger partial charge is 0.416 e. The molecular formula is C21H21F4NO. The fraction of sp³-hybridized carbons (Fsp3) is 0.381. The lowest BCUT2D eigenvalue weighted by atomic mass is 9.88. The van der Waals surface area contributed by atoms with E-state index in [1.807, 2.05) is 30.3 Å². The van der Waals surface area contributed by atoms with E-state index in [0.717, 1.165) is 24.7 Å². The molecule has 1 fully saturated rings.